The molecule has 1 aromatic carbocycles. The summed E-state index contributed by atoms with van der Waals surface area (Å²) in [6.07, 6.45) is 7.41. The van der Waals surface area contributed by atoms with Crippen molar-refractivity contribution in [3.63, 3.8) is 0 Å². The summed E-state index contributed by atoms with van der Waals surface area (Å²) in [5.41, 5.74) is 5.60. The van der Waals surface area contributed by atoms with Crippen molar-refractivity contribution in [1.82, 2.24) is 14.0 Å². The van der Waals surface area contributed by atoms with Gasteiger partial charge in [0.15, 0.2) is 5.69 Å². The van der Waals surface area contributed by atoms with Crippen molar-refractivity contribution in [2.45, 2.75) is 51.0 Å². The molecule has 2 N–H and O–H groups in total. The fourth-order valence-electron chi connectivity index (χ4n) is 4.92. The zero-order chi connectivity index (χ0) is 22.5. The lowest BCUT2D eigenvalue weighted by Gasteiger charge is -2.17. The number of hydrogen-bond acceptors (Lipinski definition) is 7. The first-order valence-electron chi connectivity index (χ1n) is 10.8. The minimum absolute atomic E-state index is 0.110. The summed E-state index contributed by atoms with van der Waals surface area (Å²) in [7, 11) is -2.45. The van der Waals surface area contributed by atoms with Gasteiger partial charge in [-0.25, -0.2) is 4.72 Å². The Balaban J connectivity index is 1.34. The van der Waals surface area contributed by atoms with Crippen LogP contribution >= 0.6 is 11.6 Å². The number of aromatic nitrogens is 1. The number of fused-ring (bicyclic) bond motifs is 2. The van der Waals surface area contributed by atoms with E-state index in [1.54, 1.807) is 0 Å². The number of benzene rings is 1. The van der Waals surface area contributed by atoms with E-state index in [-0.39, 0.29) is 24.4 Å². The van der Waals surface area contributed by atoms with Crippen LogP contribution in [0.3, 0.4) is 0 Å². The van der Waals surface area contributed by atoms with E-state index in [9.17, 15) is 13.2 Å². The number of oxazole rings is 1. The normalized spacial score (nSPS) is 20.4. The highest BCUT2D eigenvalue weighted by atomic mass is 35.5. The average Bonchev–Trinajstić information content (AvgIpc) is 3.55. The molecule has 1 atom stereocenters. The number of hydrogen-bond donors (Lipinski definition) is 2. The summed E-state index contributed by atoms with van der Waals surface area (Å²) in [6, 6.07) is 0.152. The Morgan fingerprint density at radius 3 is 2.47 bits per heavy atom. The van der Waals surface area contributed by atoms with Crippen LogP contribution in [0.15, 0.2) is 10.7 Å². The lowest BCUT2D eigenvalue weighted by atomic mass is 9.98. The Labute approximate surface area is 191 Å². The van der Waals surface area contributed by atoms with Gasteiger partial charge in [-0.15, -0.1) is 0 Å². The van der Waals surface area contributed by atoms with Gasteiger partial charge in [-0.3, -0.25) is 4.79 Å². The molecule has 1 saturated heterocycles. The van der Waals surface area contributed by atoms with Gasteiger partial charge in [0.1, 0.15) is 6.26 Å². The van der Waals surface area contributed by atoms with Crippen LogP contribution in [0.1, 0.15) is 52.0 Å². The second-order valence-electron chi connectivity index (χ2n) is 8.41. The number of nitrogens with one attached hydrogen (secondary N) is 2. The first-order chi connectivity index (χ1) is 15.4. The van der Waals surface area contributed by atoms with Gasteiger partial charge < -0.3 is 14.5 Å². The Bertz CT molecular complexity index is 1140. The van der Waals surface area contributed by atoms with Crippen LogP contribution in [0, 0.1) is 0 Å². The lowest BCUT2D eigenvalue weighted by molar-refractivity contribution is 0.0972. The number of nitrogens with zero attached hydrogens (tertiary/aromatic N) is 2. The summed E-state index contributed by atoms with van der Waals surface area (Å²) >= 11 is 6.67. The Morgan fingerprint density at radius 1 is 1.19 bits per heavy atom. The van der Waals surface area contributed by atoms with Gasteiger partial charge in [0.25, 0.3) is 11.9 Å². The first kappa shape index (κ1) is 21.7. The van der Waals surface area contributed by atoms with Crippen molar-refractivity contribution in [1.29, 1.82) is 0 Å². The molecular formula is C21H25ClN4O5S. The van der Waals surface area contributed by atoms with Crippen molar-refractivity contribution in [2.24, 2.45) is 0 Å². The van der Waals surface area contributed by atoms with E-state index >= 15 is 0 Å². The maximum atomic E-state index is 12.5. The van der Waals surface area contributed by atoms with Crippen LogP contribution in [-0.4, -0.2) is 49.9 Å². The van der Waals surface area contributed by atoms with Crippen molar-refractivity contribution in [3.8, 4) is 0 Å². The summed E-state index contributed by atoms with van der Waals surface area (Å²) in [5, 5.41) is 4.14. The molecule has 1 amide bonds. The standard InChI is InChI=1S/C21H25ClN4O5S/c1-30-12-8-9-26(10-12)32(28,29)25-20(27)17-11-31-21(23-17)24-19-15-6-2-4-13(15)18(22)14-5-3-7-16(14)19/h11-12H,2-10H2,1H3,(H,23,24)(H,25,27)/t12-/m1/s1. The SMILES string of the molecule is CO[C@@H]1CCN(S(=O)(=O)NC(=O)c2coc(Nc3c4c(c(Cl)c5c3CCC5)CCC4)n2)C1. The molecule has 3 aliphatic rings. The van der Waals surface area contributed by atoms with E-state index in [0.29, 0.717) is 13.0 Å². The molecule has 0 saturated carbocycles. The third kappa shape index (κ3) is 3.79. The van der Waals surface area contributed by atoms with Crippen LogP contribution in [0.5, 0.6) is 0 Å². The van der Waals surface area contributed by atoms with Gasteiger partial charge >= 0.3 is 10.2 Å². The van der Waals surface area contributed by atoms with E-state index < -0.39 is 16.1 Å². The Morgan fingerprint density at radius 2 is 1.84 bits per heavy atom. The molecule has 1 aromatic heterocycles. The van der Waals surface area contributed by atoms with Crippen LogP contribution in [-0.2, 0) is 40.6 Å². The predicted molar refractivity (Wildman–Crippen MR) is 119 cm³/mol. The minimum atomic E-state index is -3.98. The molecule has 11 heteroatoms. The molecule has 32 heavy (non-hydrogen) atoms. The van der Waals surface area contributed by atoms with Gasteiger partial charge in [0, 0.05) is 30.9 Å². The molecule has 1 fully saturated rings. The topological polar surface area (TPSA) is 114 Å². The average molecular weight is 481 g/mol. The van der Waals surface area contributed by atoms with Crippen LogP contribution in [0.25, 0.3) is 0 Å². The van der Waals surface area contributed by atoms with E-state index in [2.05, 4.69) is 15.0 Å². The highest BCUT2D eigenvalue weighted by molar-refractivity contribution is 7.87. The smallest absolute Gasteiger partial charge is 0.304 e. The number of ether oxygens (including phenoxy) is 1. The van der Waals surface area contributed by atoms with Gasteiger partial charge in [-0.05, 0) is 67.2 Å². The molecule has 9 nitrogen and oxygen atoms in total. The molecule has 2 aliphatic carbocycles. The third-order valence-corrected chi connectivity index (χ3v) is 8.45. The predicted octanol–water partition coefficient (Wildman–Crippen LogP) is 2.74. The molecular weight excluding hydrogens is 456 g/mol. The molecule has 2 heterocycles. The van der Waals surface area contributed by atoms with Gasteiger partial charge in [-0.2, -0.15) is 17.7 Å². The maximum absolute atomic E-state index is 12.5. The van der Waals surface area contributed by atoms with E-state index in [1.807, 2.05) is 0 Å². The van der Waals surface area contributed by atoms with Crippen molar-refractivity contribution in [2.75, 3.05) is 25.5 Å². The molecule has 0 unspecified atom stereocenters. The second kappa shape index (κ2) is 8.33. The second-order valence-corrected chi connectivity index (χ2v) is 10.5. The third-order valence-electron chi connectivity index (χ3n) is 6.54. The van der Waals surface area contributed by atoms with E-state index in [0.717, 1.165) is 55.5 Å². The molecule has 1 aliphatic heterocycles. The number of anilines is 2. The van der Waals surface area contributed by atoms with E-state index in [1.165, 1.54) is 33.7 Å². The maximum Gasteiger partial charge on any atom is 0.304 e. The molecule has 172 valence electrons. The number of halogens is 1. The van der Waals surface area contributed by atoms with Crippen LogP contribution < -0.4 is 10.0 Å². The summed E-state index contributed by atoms with van der Waals surface area (Å²) in [4.78, 5) is 16.7. The summed E-state index contributed by atoms with van der Waals surface area (Å²) in [5.74, 6) is -0.839. The van der Waals surface area contributed by atoms with Gasteiger partial charge in [0.2, 0.25) is 0 Å². The first-order valence-corrected chi connectivity index (χ1v) is 12.6. The summed E-state index contributed by atoms with van der Waals surface area (Å²) in [6.45, 7) is 0.497. The zero-order valence-electron chi connectivity index (χ0n) is 17.7. The van der Waals surface area contributed by atoms with Crippen LogP contribution in [0.4, 0.5) is 11.7 Å². The van der Waals surface area contributed by atoms with Crippen LogP contribution in [0.2, 0.25) is 5.02 Å². The van der Waals surface area contributed by atoms with Crippen molar-refractivity contribution >= 4 is 39.4 Å². The van der Waals surface area contributed by atoms with Crippen molar-refractivity contribution in [3.05, 3.63) is 39.2 Å². The molecule has 0 bridgehead atoms. The zero-order valence-corrected chi connectivity index (χ0v) is 19.3. The number of carbonyl (C=O) groups is 1. The number of amides is 1. The van der Waals surface area contributed by atoms with Gasteiger partial charge in [-0.1, -0.05) is 11.6 Å². The highest BCUT2D eigenvalue weighted by Crippen LogP contribution is 2.44. The van der Waals surface area contributed by atoms with E-state index in [4.69, 9.17) is 20.8 Å². The number of rotatable bonds is 6. The molecule has 5 rings (SSSR count). The highest BCUT2D eigenvalue weighted by Gasteiger charge is 2.33. The van der Waals surface area contributed by atoms with Gasteiger partial charge in [0.05, 0.1) is 6.10 Å². The fraction of sp³-hybridized carbons (Fsp3) is 0.524. The molecule has 0 spiro atoms. The lowest BCUT2D eigenvalue weighted by Crippen LogP contribution is -2.42. The monoisotopic (exact) mass is 480 g/mol. The largest absolute Gasteiger partial charge is 0.431 e. The minimum Gasteiger partial charge on any atom is -0.431 e. The quantitative estimate of drug-likeness (QED) is 0.653. The summed E-state index contributed by atoms with van der Waals surface area (Å²) < 4.78 is 39.0. The fourth-order valence-corrected chi connectivity index (χ4v) is 6.52. The molecule has 0 radical (unpaired) electrons. The number of methoxy groups -OCH3 is 1. The Hall–Kier alpha value is -2.14. The van der Waals surface area contributed by atoms with Crippen molar-refractivity contribution < 1.29 is 22.4 Å². The Kier molecular flexibility index (Phi) is 5.65. The molecule has 2 aromatic rings. The number of carbonyl (C=O) groups excluding carboxylic acids is 1.